The highest BCUT2D eigenvalue weighted by molar-refractivity contribution is 5.89. The van der Waals surface area contributed by atoms with Crippen molar-refractivity contribution >= 4 is 11.7 Å². The molecule has 0 aliphatic rings. The zero-order valence-corrected chi connectivity index (χ0v) is 15.7. The second-order valence-electron chi connectivity index (χ2n) is 6.06. The Labute approximate surface area is 163 Å². The molecule has 0 radical (unpaired) electrons. The number of esters is 1. The zero-order valence-electron chi connectivity index (χ0n) is 15.7. The molecule has 0 aliphatic carbocycles. The van der Waals surface area contributed by atoms with Gasteiger partial charge in [0.05, 0.1) is 25.3 Å². The lowest BCUT2D eigenvalue weighted by atomic mass is 9.99. The molecule has 144 valence electrons. The highest BCUT2D eigenvalue weighted by atomic mass is 19.1. The van der Waals surface area contributed by atoms with Crippen molar-refractivity contribution in [3.63, 3.8) is 0 Å². The number of methoxy groups -OCH3 is 1. The van der Waals surface area contributed by atoms with Crippen molar-refractivity contribution in [1.29, 1.82) is 0 Å². The molecule has 2 aromatic carbocycles. The third-order valence-electron chi connectivity index (χ3n) is 4.23. The quantitative estimate of drug-likeness (QED) is 0.607. The first-order chi connectivity index (χ1) is 13.6. The second kappa shape index (κ2) is 8.99. The number of hydrogen-bond donors (Lipinski definition) is 1. The summed E-state index contributed by atoms with van der Waals surface area (Å²) in [7, 11) is 1.43. The Hall–Kier alpha value is -3.41. The molecule has 5 nitrogen and oxygen atoms in total. The molecule has 28 heavy (non-hydrogen) atoms. The predicted molar refractivity (Wildman–Crippen MR) is 105 cm³/mol. The molecule has 0 fully saturated rings. The number of hydrogen-bond acceptors (Lipinski definition) is 5. The number of nitrogens with zero attached hydrogens (tertiary/aromatic N) is 1. The van der Waals surface area contributed by atoms with Gasteiger partial charge in [-0.05, 0) is 60.5 Å². The first kappa shape index (κ1) is 19.4. The van der Waals surface area contributed by atoms with E-state index in [0.29, 0.717) is 12.2 Å². The number of benzene rings is 2. The summed E-state index contributed by atoms with van der Waals surface area (Å²) in [6.45, 7) is 2.09. The molecule has 3 aromatic rings. The van der Waals surface area contributed by atoms with Crippen LogP contribution >= 0.6 is 0 Å². The van der Waals surface area contributed by atoms with Crippen LogP contribution in [0.2, 0.25) is 0 Å². The van der Waals surface area contributed by atoms with Crippen LogP contribution in [-0.4, -0.2) is 24.7 Å². The highest BCUT2D eigenvalue weighted by Gasteiger charge is 2.17. The van der Waals surface area contributed by atoms with Gasteiger partial charge in [-0.2, -0.15) is 0 Å². The summed E-state index contributed by atoms with van der Waals surface area (Å²) in [5.41, 5.74) is 3.00. The summed E-state index contributed by atoms with van der Waals surface area (Å²) in [4.78, 5) is 16.0. The van der Waals surface area contributed by atoms with Crippen LogP contribution in [0.5, 0.6) is 5.75 Å². The molecule has 1 atom stereocenters. The summed E-state index contributed by atoms with van der Waals surface area (Å²) in [6, 6.07) is 15.2. The topological polar surface area (TPSA) is 60.5 Å². The maximum absolute atomic E-state index is 13.8. The van der Waals surface area contributed by atoms with Gasteiger partial charge < -0.3 is 14.8 Å². The first-order valence-electron chi connectivity index (χ1n) is 8.89. The number of pyridine rings is 1. The Kier molecular flexibility index (Phi) is 6.22. The minimum Gasteiger partial charge on any atom is -0.494 e. The van der Waals surface area contributed by atoms with Gasteiger partial charge in [0.1, 0.15) is 0 Å². The van der Waals surface area contributed by atoms with Crippen LogP contribution in [0.4, 0.5) is 10.1 Å². The van der Waals surface area contributed by atoms with Crippen molar-refractivity contribution in [2.24, 2.45) is 0 Å². The fourth-order valence-corrected chi connectivity index (χ4v) is 2.85. The Morgan fingerprint density at radius 1 is 1.14 bits per heavy atom. The lowest BCUT2D eigenvalue weighted by molar-refractivity contribution is 0.0526. The summed E-state index contributed by atoms with van der Waals surface area (Å²) in [5.74, 6) is -0.609. The standard InChI is InChI=1S/C22H21FN2O3/c1-3-28-22(26)15-6-9-18(10-7-15)25-21(17-5-4-12-24-14-17)16-8-11-19(23)20(13-16)27-2/h4-14,21,25H,3H2,1-2H3. The van der Waals surface area contributed by atoms with E-state index in [9.17, 15) is 9.18 Å². The lowest BCUT2D eigenvalue weighted by Crippen LogP contribution is -2.13. The van der Waals surface area contributed by atoms with Crippen molar-refractivity contribution in [3.05, 3.63) is 89.5 Å². The molecular formula is C22H21FN2O3. The third-order valence-corrected chi connectivity index (χ3v) is 4.23. The van der Waals surface area contributed by atoms with E-state index in [0.717, 1.165) is 16.8 Å². The Morgan fingerprint density at radius 2 is 1.93 bits per heavy atom. The maximum Gasteiger partial charge on any atom is 0.338 e. The smallest absolute Gasteiger partial charge is 0.338 e. The normalized spacial score (nSPS) is 11.5. The lowest BCUT2D eigenvalue weighted by Gasteiger charge is -2.21. The molecule has 0 saturated carbocycles. The number of anilines is 1. The molecular weight excluding hydrogens is 359 g/mol. The van der Waals surface area contributed by atoms with Crippen molar-refractivity contribution in [2.75, 3.05) is 19.0 Å². The number of carbonyl (C=O) groups excluding carboxylic acids is 1. The molecule has 1 unspecified atom stereocenters. The molecule has 0 amide bonds. The van der Waals surface area contributed by atoms with E-state index < -0.39 is 5.82 Å². The van der Waals surface area contributed by atoms with Crippen LogP contribution in [0.1, 0.15) is 34.5 Å². The zero-order chi connectivity index (χ0) is 19.9. The van der Waals surface area contributed by atoms with Gasteiger partial charge in [-0.25, -0.2) is 9.18 Å². The fourth-order valence-electron chi connectivity index (χ4n) is 2.85. The maximum atomic E-state index is 13.8. The Balaban J connectivity index is 1.91. The van der Waals surface area contributed by atoms with Gasteiger partial charge in [0.2, 0.25) is 0 Å². The molecule has 0 spiro atoms. The van der Waals surface area contributed by atoms with Crippen molar-refractivity contribution in [1.82, 2.24) is 4.98 Å². The Morgan fingerprint density at radius 3 is 2.57 bits per heavy atom. The molecule has 0 saturated heterocycles. The number of halogens is 1. The number of rotatable bonds is 7. The highest BCUT2D eigenvalue weighted by Crippen LogP contribution is 2.30. The van der Waals surface area contributed by atoms with E-state index in [4.69, 9.17) is 9.47 Å². The number of nitrogens with one attached hydrogen (secondary N) is 1. The van der Waals surface area contributed by atoms with E-state index in [1.807, 2.05) is 12.1 Å². The van der Waals surface area contributed by atoms with Gasteiger partial charge in [-0.1, -0.05) is 12.1 Å². The van der Waals surface area contributed by atoms with E-state index in [-0.39, 0.29) is 17.8 Å². The molecule has 6 heteroatoms. The fraction of sp³-hybridized carbons (Fsp3) is 0.182. The minimum atomic E-state index is -0.421. The number of ether oxygens (including phenoxy) is 2. The van der Waals surface area contributed by atoms with Crippen LogP contribution in [0.15, 0.2) is 67.0 Å². The van der Waals surface area contributed by atoms with Crippen LogP contribution in [0.25, 0.3) is 0 Å². The number of aromatic nitrogens is 1. The molecule has 0 aliphatic heterocycles. The minimum absolute atomic E-state index is 0.172. The van der Waals surface area contributed by atoms with Gasteiger partial charge in [0.25, 0.3) is 0 Å². The average molecular weight is 380 g/mol. The summed E-state index contributed by atoms with van der Waals surface area (Å²) in [5, 5.41) is 3.41. The van der Waals surface area contributed by atoms with E-state index in [2.05, 4.69) is 10.3 Å². The van der Waals surface area contributed by atoms with Crippen LogP contribution < -0.4 is 10.1 Å². The van der Waals surface area contributed by atoms with E-state index in [1.54, 1.807) is 55.7 Å². The first-order valence-corrected chi connectivity index (χ1v) is 8.89. The van der Waals surface area contributed by atoms with Crippen LogP contribution in [0.3, 0.4) is 0 Å². The average Bonchev–Trinajstić information content (AvgIpc) is 2.74. The molecule has 1 heterocycles. The molecule has 3 rings (SSSR count). The monoisotopic (exact) mass is 380 g/mol. The molecule has 0 bridgehead atoms. The number of carbonyl (C=O) groups is 1. The van der Waals surface area contributed by atoms with Crippen LogP contribution in [-0.2, 0) is 4.74 Å². The second-order valence-corrected chi connectivity index (χ2v) is 6.06. The van der Waals surface area contributed by atoms with Crippen molar-refractivity contribution in [2.45, 2.75) is 13.0 Å². The summed E-state index contributed by atoms with van der Waals surface area (Å²) >= 11 is 0. The van der Waals surface area contributed by atoms with Crippen molar-refractivity contribution in [3.8, 4) is 5.75 Å². The van der Waals surface area contributed by atoms with Gasteiger partial charge >= 0.3 is 5.97 Å². The predicted octanol–water partition coefficient (Wildman–Crippen LogP) is 4.61. The SMILES string of the molecule is CCOC(=O)c1ccc(NC(c2cccnc2)c2ccc(F)c(OC)c2)cc1. The summed E-state index contributed by atoms with van der Waals surface area (Å²) in [6.07, 6.45) is 3.44. The Bertz CT molecular complexity index is 930. The van der Waals surface area contributed by atoms with Crippen molar-refractivity contribution < 1.29 is 18.7 Å². The van der Waals surface area contributed by atoms with Gasteiger partial charge in [0, 0.05) is 18.1 Å². The largest absolute Gasteiger partial charge is 0.494 e. The van der Waals surface area contributed by atoms with E-state index in [1.165, 1.54) is 13.2 Å². The van der Waals surface area contributed by atoms with Gasteiger partial charge in [-0.3, -0.25) is 4.98 Å². The van der Waals surface area contributed by atoms with Crippen LogP contribution in [0, 0.1) is 5.82 Å². The van der Waals surface area contributed by atoms with E-state index >= 15 is 0 Å². The molecule has 1 N–H and O–H groups in total. The summed E-state index contributed by atoms with van der Waals surface area (Å²) < 4.78 is 24.0. The van der Waals surface area contributed by atoms with Gasteiger partial charge in [-0.15, -0.1) is 0 Å². The van der Waals surface area contributed by atoms with Gasteiger partial charge in [0.15, 0.2) is 11.6 Å². The third kappa shape index (κ3) is 4.46. The molecule has 1 aromatic heterocycles.